The lowest BCUT2D eigenvalue weighted by atomic mass is 9.82. The molecule has 0 nitrogen and oxygen atoms in total. The highest BCUT2D eigenvalue weighted by Crippen LogP contribution is 2.30. The van der Waals surface area contributed by atoms with Crippen LogP contribution in [0.2, 0.25) is 0 Å². The third-order valence-corrected chi connectivity index (χ3v) is 2.50. The second-order valence-electron chi connectivity index (χ2n) is 3.37. The smallest absolute Gasteiger partial charge is 0.0353 e. The molecular formula is C10H18. The van der Waals surface area contributed by atoms with Gasteiger partial charge in [-0.25, -0.2) is 0 Å². The Balaban J connectivity index is 1.80. The molecule has 10 heavy (non-hydrogen) atoms. The lowest BCUT2D eigenvalue weighted by Gasteiger charge is -2.24. The third-order valence-electron chi connectivity index (χ3n) is 2.50. The van der Waals surface area contributed by atoms with E-state index in [0.29, 0.717) is 0 Å². The molecule has 0 unspecified atom stereocenters. The van der Waals surface area contributed by atoms with E-state index in [9.17, 15) is 0 Å². The molecule has 0 atom stereocenters. The molecule has 0 amide bonds. The Morgan fingerprint density at radius 2 is 2.10 bits per heavy atom. The molecule has 58 valence electrons. The minimum atomic E-state index is 1.10. The molecule has 1 rings (SSSR count). The standard InChI is InChI=1S/C10H18/c1-2-3-4-5-7-10-8-6-9-10/h2,10H,1,3-9H2. The summed E-state index contributed by atoms with van der Waals surface area (Å²) in [5.41, 5.74) is 0. The second kappa shape index (κ2) is 4.54. The van der Waals surface area contributed by atoms with Crippen molar-refractivity contribution in [1.82, 2.24) is 0 Å². The molecule has 1 saturated carbocycles. The van der Waals surface area contributed by atoms with E-state index in [1.54, 1.807) is 0 Å². The van der Waals surface area contributed by atoms with Crippen LogP contribution in [0.5, 0.6) is 0 Å². The van der Waals surface area contributed by atoms with Crippen LogP contribution in [-0.4, -0.2) is 0 Å². The highest BCUT2D eigenvalue weighted by atomic mass is 14.2. The van der Waals surface area contributed by atoms with Crippen molar-refractivity contribution in [2.75, 3.05) is 0 Å². The van der Waals surface area contributed by atoms with Gasteiger partial charge in [-0.15, -0.1) is 6.58 Å². The van der Waals surface area contributed by atoms with Crippen molar-refractivity contribution < 1.29 is 0 Å². The zero-order valence-electron chi connectivity index (χ0n) is 6.81. The molecule has 0 bridgehead atoms. The van der Waals surface area contributed by atoms with Gasteiger partial charge in [-0.05, 0) is 18.8 Å². The van der Waals surface area contributed by atoms with Gasteiger partial charge >= 0.3 is 0 Å². The number of hydrogen-bond acceptors (Lipinski definition) is 0. The van der Waals surface area contributed by atoms with Crippen LogP contribution >= 0.6 is 0 Å². The fourth-order valence-electron chi connectivity index (χ4n) is 1.50. The molecule has 0 aromatic rings. The van der Waals surface area contributed by atoms with Crippen LogP contribution in [0.15, 0.2) is 12.7 Å². The Morgan fingerprint density at radius 3 is 2.60 bits per heavy atom. The average molecular weight is 138 g/mol. The summed E-state index contributed by atoms with van der Waals surface area (Å²) in [5.74, 6) is 1.10. The molecular weight excluding hydrogens is 120 g/mol. The van der Waals surface area contributed by atoms with Crippen LogP contribution in [0.4, 0.5) is 0 Å². The molecule has 1 aliphatic rings. The topological polar surface area (TPSA) is 0 Å². The van der Waals surface area contributed by atoms with Crippen molar-refractivity contribution in [2.24, 2.45) is 5.92 Å². The summed E-state index contributed by atoms with van der Waals surface area (Å²) in [4.78, 5) is 0. The predicted octanol–water partition coefficient (Wildman–Crippen LogP) is 3.53. The summed E-state index contributed by atoms with van der Waals surface area (Å²) in [6.07, 6.45) is 12.0. The van der Waals surface area contributed by atoms with Crippen LogP contribution in [0, 0.1) is 5.92 Å². The maximum Gasteiger partial charge on any atom is -0.0353 e. The zero-order valence-corrected chi connectivity index (χ0v) is 6.81. The van der Waals surface area contributed by atoms with E-state index in [1.165, 1.54) is 44.9 Å². The van der Waals surface area contributed by atoms with Crippen LogP contribution in [0.3, 0.4) is 0 Å². The van der Waals surface area contributed by atoms with E-state index in [0.717, 1.165) is 5.92 Å². The Bertz CT molecular complexity index is 90.2. The van der Waals surface area contributed by atoms with E-state index in [2.05, 4.69) is 6.58 Å². The van der Waals surface area contributed by atoms with E-state index in [1.807, 2.05) is 6.08 Å². The predicted molar refractivity (Wildman–Crippen MR) is 46.0 cm³/mol. The fraction of sp³-hybridized carbons (Fsp3) is 0.800. The van der Waals surface area contributed by atoms with Crippen molar-refractivity contribution in [3.8, 4) is 0 Å². The number of unbranched alkanes of at least 4 members (excludes halogenated alkanes) is 2. The SMILES string of the molecule is C=CCCCCC1CCC1. The van der Waals surface area contributed by atoms with E-state index in [-0.39, 0.29) is 0 Å². The summed E-state index contributed by atoms with van der Waals surface area (Å²) < 4.78 is 0. The van der Waals surface area contributed by atoms with Gasteiger partial charge in [0.2, 0.25) is 0 Å². The van der Waals surface area contributed by atoms with Crippen molar-refractivity contribution in [2.45, 2.75) is 44.9 Å². The van der Waals surface area contributed by atoms with Gasteiger partial charge in [0.05, 0.1) is 0 Å². The van der Waals surface area contributed by atoms with E-state index in [4.69, 9.17) is 0 Å². The maximum absolute atomic E-state index is 3.71. The molecule has 0 radical (unpaired) electrons. The van der Waals surface area contributed by atoms with Crippen molar-refractivity contribution in [3.63, 3.8) is 0 Å². The molecule has 0 N–H and O–H groups in total. The van der Waals surface area contributed by atoms with Gasteiger partial charge in [-0.2, -0.15) is 0 Å². The van der Waals surface area contributed by atoms with Crippen LogP contribution in [0.25, 0.3) is 0 Å². The molecule has 0 aromatic carbocycles. The van der Waals surface area contributed by atoms with Gasteiger partial charge in [-0.1, -0.05) is 38.2 Å². The molecule has 0 heterocycles. The molecule has 0 aliphatic heterocycles. The van der Waals surface area contributed by atoms with Crippen LogP contribution < -0.4 is 0 Å². The van der Waals surface area contributed by atoms with Gasteiger partial charge in [0.1, 0.15) is 0 Å². The fourth-order valence-corrected chi connectivity index (χ4v) is 1.50. The monoisotopic (exact) mass is 138 g/mol. The van der Waals surface area contributed by atoms with Gasteiger partial charge in [0.15, 0.2) is 0 Å². The lowest BCUT2D eigenvalue weighted by molar-refractivity contribution is 0.288. The molecule has 0 spiro atoms. The number of hydrogen-bond donors (Lipinski definition) is 0. The minimum absolute atomic E-state index is 1.10. The second-order valence-corrected chi connectivity index (χ2v) is 3.37. The molecule has 0 aromatic heterocycles. The first kappa shape index (κ1) is 7.84. The highest BCUT2D eigenvalue weighted by molar-refractivity contribution is 4.71. The Kier molecular flexibility index (Phi) is 3.56. The zero-order chi connectivity index (χ0) is 7.23. The highest BCUT2D eigenvalue weighted by Gasteiger charge is 2.15. The van der Waals surface area contributed by atoms with E-state index >= 15 is 0 Å². The minimum Gasteiger partial charge on any atom is -0.103 e. The van der Waals surface area contributed by atoms with Crippen molar-refractivity contribution in [1.29, 1.82) is 0 Å². The maximum atomic E-state index is 3.71. The van der Waals surface area contributed by atoms with Crippen molar-refractivity contribution in [3.05, 3.63) is 12.7 Å². The third kappa shape index (κ3) is 2.55. The Labute approximate surface area is 64.3 Å². The van der Waals surface area contributed by atoms with Gasteiger partial charge in [-0.3, -0.25) is 0 Å². The average Bonchev–Trinajstić information content (AvgIpc) is 1.84. The molecule has 0 saturated heterocycles. The quantitative estimate of drug-likeness (QED) is 0.402. The first-order valence-electron chi connectivity index (χ1n) is 4.54. The van der Waals surface area contributed by atoms with Gasteiger partial charge < -0.3 is 0 Å². The summed E-state index contributed by atoms with van der Waals surface area (Å²) in [6.45, 7) is 3.71. The summed E-state index contributed by atoms with van der Waals surface area (Å²) in [6, 6.07) is 0. The normalized spacial score (nSPS) is 18.4. The van der Waals surface area contributed by atoms with Crippen LogP contribution in [-0.2, 0) is 0 Å². The molecule has 0 heteroatoms. The Morgan fingerprint density at radius 1 is 1.30 bits per heavy atom. The van der Waals surface area contributed by atoms with Crippen molar-refractivity contribution >= 4 is 0 Å². The molecule has 1 fully saturated rings. The largest absolute Gasteiger partial charge is 0.103 e. The van der Waals surface area contributed by atoms with Gasteiger partial charge in [0.25, 0.3) is 0 Å². The first-order chi connectivity index (χ1) is 4.93. The summed E-state index contributed by atoms with van der Waals surface area (Å²) >= 11 is 0. The first-order valence-corrected chi connectivity index (χ1v) is 4.54. The Hall–Kier alpha value is -0.260. The lowest BCUT2D eigenvalue weighted by Crippen LogP contribution is -2.10. The van der Waals surface area contributed by atoms with Crippen LogP contribution in [0.1, 0.15) is 44.9 Å². The molecule has 1 aliphatic carbocycles. The number of rotatable bonds is 5. The number of allylic oxidation sites excluding steroid dienone is 1. The summed E-state index contributed by atoms with van der Waals surface area (Å²) in [7, 11) is 0. The van der Waals surface area contributed by atoms with E-state index < -0.39 is 0 Å². The summed E-state index contributed by atoms with van der Waals surface area (Å²) in [5, 5.41) is 0. The van der Waals surface area contributed by atoms with Gasteiger partial charge in [0, 0.05) is 0 Å².